The average Bonchev–Trinajstić information content (AvgIpc) is 3.04. The lowest BCUT2D eigenvalue weighted by Gasteiger charge is -2.07. The predicted octanol–water partition coefficient (Wildman–Crippen LogP) is 3.71. The zero-order valence-corrected chi connectivity index (χ0v) is 14.9. The summed E-state index contributed by atoms with van der Waals surface area (Å²) in [6, 6.07) is 13.1. The van der Waals surface area contributed by atoms with Gasteiger partial charge in [0.25, 0.3) is 5.91 Å². The molecule has 0 bridgehead atoms. The zero-order chi connectivity index (χ0) is 17.8. The molecule has 3 rings (SSSR count). The fraction of sp³-hybridized carbons (Fsp3) is 0.211. The highest BCUT2D eigenvalue weighted by Gasteiger charge is 2.10. The molecular formula is C19H19ClN4O. The van der Waals surface area contributed by atoms with E-state index in [-0.39, 0.29) is 5.91 Å². The van der Waals surface area contributed by atoms with Gasteiger partial charge in [-0.15, -0.1) is 0 Å². The van der Waals surface area contributed by atoms with Crippen molar-refractivity contribution in [1.82, 2.24) is 20.5 Å². The van der Waals surface area contributed by atoms with Crippen molar-refractivity contribution in [2.24, 2.45) is 0 Å². The fourth-order valence-electron chi connectivity index (χ4n) is 2.59. The summed E-state index contributed by atoms with van der Waals surface area (Å²) >= 11 is 5.88. The fourth-order valence-corrected chi connectivity index (χ4v) is 2.72. The van der Waals surface area contributed by atoms with Gasteiger partial charge in [0, 0.05) is 29.1 Å². The standard InChI is InChI=1S/C19H19ClN4O/c1-12-3-8-16(13(2)11-12)19(25)21-10-9-17-22-18(24-23-17)14-4-6-15(20)7-5-14/h3-8,11H,9-10H2,1-2H3,(H,21,25)(H,22,23,24). The smallest absolute Gasteiger partial charge is 0.251 e. The van der Waals surface area contributed by atoms with Gasteiger partial charge in [-0.3, -0.25) is 9.89 Å². The van der Waals surface area contributed by atoms with E-state index >= 15 is 0 Å². The van der Waals surface area contributed by atoms with Crippen LogP contribution in [0.4, 0.5) is 0 Å². The normalized spacial score (nSPS) is 10.7. The molecule has 0 saturated carbocycles. The highest BCUT2D eigenvalue weighted by Crippen LogP contribution is 2.17. The Morgan fingerprint density at radius 2 is 1.92 bits per heavy atom. The van der Waals surface area contributed by atoms with Gasteiger partial charge >= 0.3 is 0 Å². The number of nitrogens with one attached hydrogen (secondary N) is 2. The number of rotatable bonds is 5. The maximum absolute atomic E-state index is 12.3. The number of aryl methyl sites for hydroxylation is 2. The Balaban J connectivity index is 1.57. The van der Waals surface area contributed by atoms with E-state index < -0.39 is 0 Å². The van der Waals surface area contributed by atoms with Crippen molar-refractivity contribution in [1.29, 1.82) is 0 Å². The minimum atomic E-state index is -0.0741. The summed E-state index contributed by atoms with van der Waals surface area (Å²) in [5.41, 5.74) is 3.71. The number of nitrogens with zero attached hydrogens (tertiary/aromatic N) is 2. The summed E-state index contributed by atoms with van der Waals surface area (Å²) in [7, 11) is 0. The van der Waals surface area contributed by atoms with Crippen LogP contribution in [0.3, 0.4) is 0 Å². The molecule has 0 aliphatic heterocycles. The van der Waals surface area contributed by atoms with Crippen LogP contribution in [0.2, 0.25) is 5.02 Å². The van der Waals surface area contributed by atoms with Crippen molar-refractivity contribution in [2.75, 3.05) is 6.54 Å². The van der Waals surface area contributed by atoms with E-state index in [4.69, 9.17) is 11.6 Å². The predicted molar refractivity (Wildman–Crippen MR) is 98.8 cm³/mol. The third kappa shape index (κ3) is 4.25. The van der Waals surface area contributed by atoms with Crippen LogP contribution in [-0.2, 0) is 6.42 Å². The number of carbonyl (C=O) groups is 1. The van der Waals surface area contributed by atoms with E-state index in [1.807, 2.05) is 44.2 Å². The van der Waals surface area contributed by atoms with Gasteiger partial charge in [0.1, 0.15) is 5.82 Å². The number of hydrogen-bond acceptors (Lipinski definition) is 3. The first-order valence-corrected chi connectivity index (χ1v) is 8.43. The number of amides is 1. The molecule has 1 amide bonds. The zero-order valence-electron chi connectivity index (χ0n) is 14.1. The summed E-state index contributed by atoms with van der Waals surface area (Å²) in [5, 5.41) is 10.7. The first-order chi connectivity index (χ1) is 12.0. The van der Waals surface area contributed by atoms with Crippen LogP contribution in [0.25, 0.3) is 11.4 Å². The van der Waals surface area contributed by atoms with Crippen molar-refractivity contribution >= 4 is 17.5 Å². The topological polar surface area (TPSA) is 70.7 Å². The quantitative estimate of drug-likeness (QED) is 0.733. The summed E-state index contributed by atoms with van der Waals surface area (Å²) in [5.74, 6) is 1.27. The molecule has 1 heterocycles. The van der Waals surface area contributed by atoms with Gasteiger partial charge in [0.15, 0.2) is 5.82 Å². The van der Waals surface area contributed by atoms with Gasteiger partial charge in [-0.05, 0) is 49.7 Å². The van der Waals surface area contributed by atoms with E-state index in [0.717, 1.165) is 22.5 Å². The molecule has 3 aromatic rings. The van der Waals surface area contributed by atoms with Crippen molar-refractivity contribution in [3.63, 3.8) is 0 Å². The van der Waals surface area contributed by atoms with Gasteiger partial charge in [-0.25, -0.2) is 4.98 Å². The second-order valence-electron chi connectivity index (χ2n) is 5.94. The van der Waals surface area contributed by atoms with Crippen molar-refractivity contribution in [3.05, 3.63) is 70.0 Å². The Morgan fingerprint density at radius 3 is 2.64 bits per heavy atom. The van der Waals surface area contributed by atoms with Crippen molar-refractivity contribution in [3.8, 4) is 11.4 Å². The lowest BCUT2D eigenvalue weighted by molar-refractivity contribution is 0.0953. The van der Waals surface area contributed by atoms with Crippen LogP contribution in [0.1, 0.15) is 27.3 Å². The summed E-state index contributed by atoms with van der Waals surface area (Å²) in [6.45, 7) is 4.44. The molecule has 0 spiro atoms. The molecule has 128 valence electrons. The minimum absolute atomic E-state index is 0.0741. The van der Waals surface area contributed by atoms with Gasteiger partial charge in [0.2, 0.25) is 0 Å². The molecule has 0 saturated heterocycles. The molecule has 2 N–H and O–H groups in total. The monoisotopic (exact) mass is 354 g/mol. The SMILES string of the molecule is Cc1ccc(C(=O)NCCc2nc(-c3ccc(Cl)cc3)n[nH]2)c(C)c1. The molecule has 0 unspecified atom stereocenters. The molecule has 2 aromatic carbocycles. The Labute approximate surface area is 151 Å². The number of carbonyl (C=O) groups excluding carboxylic acids is 1. The van der Waals surface area contributed by atoms with Crippen LogP contribution in [-0.4, -0.2) is 27.6 Å². The maximum atomic E-state index is 12.3. The number of benzene rings is 2. The number of aromatic amines is 1. The second kappa shape index (κ2) is 7.49. The molecule has 0 radical (unpaired) electrons. The summed E-state index contributed by atoms with van der Waals surface area (Å²) in [4.78, 5) is 16.7. The number of halogens is 1. The molecule has 25 heavy (non-hydrogen) atoms. The first-order valence-electron chi connectivity index (χ1n) is 8.05. The maximum Gasteiger partial charge on any atom is 0.251 e. The largest absolute Gasteiger partial charge is 0.352 e. The Hall–Kier alpha value is -2.66. The molecule has 0 aliphatic carbocycles. The second-order valence-corrected chi connectivity index (χ2v) is 6.37. The van der Waals surface area contributed by atoms with Gasteiger partial charge < -0.3 is 5.32 Å². The van der Waals surface area contributed by atoms with Crippen molar-refractivity contribution < 1.29 is 4.79 Å². The lowest BCUT2D eigenvalue weighted by Crippen LogP contribution is -2.26. The van der Waals surface area contributed by atoms with Crippen molar-refractivity contribution in [2.45, 2.75) is 20.3 Å². The van der Waals surface area contributed by atoms with E-state index in [0.29, 0.717) is 29.4 Å². The van der Waals surface area contributed by atoms with E-state index in [9.17, 15) is 4.79 Å². The van der Waals surface area contributed by atoms with E-state index in [2.05, 4.69) is 20.5 Å². The van der Waals surface area contributed by atoms with Crippen LogP contribution < -0.4 is 5.32 Å². The van der Waals surface area contributed by atoms with Crippen LogP contribution in [0.5, 0.6) is 0 Å². The van der Waals surface area contributed by atoms with Crippen LogP contribution >= 0.6 is 11.6 Å². The van der Waals surface area contributed by atoms with E-state index in [1.165, 1.54) is 0 Å². The van der Waals surface area contributed by atoms with Gasteiger partial charge in [-0.2, -0.15) is 5.10 Å². The minimum Gasteiger partial charge on any atom is -0.352 e. The van der Waals surface area contributed by atoms with Gasteiger partial charge in [0.05, 0.1) is 0 Å². The molecule has 1 aromatic heterocycles. The molecular weight excluding hydrogens is 336 g/mol. The lowest BCUT2D eigenvalue weighted by atomic mass is 10.1. The first kappa shape index (κ1) is 17.2. The summed E-state index contributed by atoms with van der Waals surface area (Å²) < 4.78 is 0. The molecule has 5 nitrogen and oxygen atoms in total. The van der Waals surface area contributed by atoms with Crippen LogP contribution in [0.15, 0.2) is 42.5 Å². The molecule has 0 aliphatic rings. The van der Waals surface area contributed by atoms with E-state index in [1.54, 1.807) is 12.1 Å². The third-order valence-corrected chi connectivity index (χ3v) is 4.16. The average molecular weight is 355 g/mol. The van der Waals surface area contributed by atoms with Gasteiger partial charge in [-0.1, -0.05) is 29.3 Å². The molecule has 0 atom stereocenters. The number of aromatic nitrogens is 3. The Bertz CT molecular complexity index is 887. The third-order valence-electron chi connectivity index (χ3n) is 3.91. The molecule has 0 fully saturated rings. The number of hydrogen-bond donors (Lipinski definition) is 2. The molecule has 6 heteroatoms. The summed E-state index contributed by atoms with van der Waals surface area (Å²) in [6.07, 6.45) is 0.581. The number of H-pyrrole nitrogens is 1. The Morgan fingerprint density at radius 1 is 1.16 bits per heavy atom. The highest BCUT2D eigenvalue weighted by atomic mass is 35.5. The highest BCUT2D eigenvalue weighted by molar-refractivity contribution is 6.30. The van der Waals surface area contributed by atoms with Crippen LogP contribution in [0, 0.1) is 13.8 Å². The Kier molecular flexibility index (Phi) is 5.14.